The summed E-state index contributed by atoms with van der Waals surface area (Å²) in [4.78, 5) is 16.9. The number of amides is 1. The number of piperidine rings is 1. The van der Waals surface area contributed by atoms with E-state index < -0.39 is 0 Å². The smallest absolute Gasteiger partial charge is 0.226 e. The van der Waals surface area contributed by atoms with Crippen LogP contribution in [0.4, 0.5) is 0 Å². The Kier molecular flexibility index (Phi) is 10.3. The van der Waals surface area contributed by atoms with E-state index >= 15 is 0 Å². The summed E-state index contributed by atoms with van der Waals surface area (Å²) in [5.41, 5.74) is 1.97. The SMILES string of the molecule is COCC1(CNC(=O)Cc2csc(-c3ccccc3)n2)CCNCC1.Cl.Cl. The van der Waals surface area contributed by atoms with Crippen molar-refractivity contribution >= 4 is 42.1 Å². The van der Waals surface area contributed by atoms with Gasteiger partial charge in [-0.15, -0.1) is 36.2 Å². The molecule has 0 atom stereocenters. The normalized spacial score (nSPS) is 15.3. The summed E-state index contributed by atoms with van der Waals surface area (Å²) in [6, 6.07) is 10.1. The molecular formula is C19H27Cl2N3O2S. The maximum atomic E-state index is 12.3. The van der Waals surface area contributed by atoms with Crippen molar-refractivity contribution < 1.29 is 9.53 Å². The predicted octanol–water partition coefficient (Wildman–Crippen LogP) is 3.33. The minimum absolute atomic E-state index is 0. The summed E-state index contributed by atoms with van der Waals surface area (Å²) >= 11 is 1.58. The number of thiazole rings is 1. The van der Waals surface area contributed by atoms with Gasteiger partial charge in [0.1, 0.15) is 5.01 Å². The Labute approximate surface area is 177 Å². The molecule has 150 valence electrons. The summed E-state index contributed by atoms with van der Waals surface area (Å²) < 4.78 is 5.40. The van der Waals surface area contributed by atoms with Gasteiger partial charge in [0.05, 0.1) is 18.7 Å². The number of methoxy groups -OCH3 is 1. The fraction of sp³-hybridized carbons (Fsp3) is 0.474. The molecule has 2 heterocycles. The number of carbonyl (C=O) groups is 1. The van der Waals surface area contributed by atoms with Crippen LogP contribution in [0.5, 0.6) is 0 Å². The Hall–Kier alpha value is -1.18. The molecule has 0 saturated carbocycles. The fourth-order valence-corrected chi connectivity index (χ4v) is 4.08. The van der Waals surface area contributed by atoms with Crippen LogP contribution in [0.25, 0.3) is 10.6 Å². The highest BCUT2D eigenvalue weighted by molar-refractivity contribution is 7.13. The van der Waals surface area contributed by atoms with Gasteiger partial charge in [-0.05, 0) is 25.9 Å². The van der Waals surface area contributed by atoms with Crippen LogP contribution >= 0.6 is 36.2 Å². The number of rotatable bonds is 7. The first-order valence-electron chi connectivity index (χ1n) is 8.67. The Balaban J connectivity index is 0.00000182. The van der Waals surface area contributed by atoms with Gasteiger partial charge in [-0.25, -0.2) is 4.98 Å². The summed E-state index contributed by atoms with van der Waals surface area (Å²) in [6.45, 7) is 3.30. The van der Waals surface area contributed by atoms with Crippen LogP contribution in [0.15, 0.2) is 35.7 Å². The summed E-state index contributed by atoms with van der Waals surface area (Å²) in [5, 5.41) is 9.39. The average Bonchev–Trinajstić information content (AvgIpc) is 3.10. The molecule has 0 aliphatic carbocycles. The monoisotopic (exact) mass is 431 g/mol. The maximum absolute atomic E-state index is 12.3. The number of ether oxygens (including phenoxy) is 1. The first kappa shape index (κ1) is 23.9. The number of hydrogen-bond donors (Lipinski definition) is 2. The van der Waals surface area contributed by atoms with Crippen molar-refractivity contribution in [3.05, 3.63) is 41.4 Å². The molecule has 1 aromatic heterocycles. The topological polar surface area (TPSA) is 63.2 Å². The van der Waals surface area contributed by atoms with Crippen LogP contribution in [0.1, 0.15) is 18.5 Å². The Morgan fingerprint density at radius 3 is 2.63 bits per heavy atom. The molecule has 0 unspecified atom stereocenters. The quantitative estimate of drug-likeness (QED) is 0.705. The third-order valence-electron chi connectivity index (χ3n) is 4.69. The first-order chi connectivity index (χ1) is 12.2. The van der Waals surface area contributed by atoms with Crippen molar-refractivity contribution in [3.63, 3.8) is 0 Å². The molecule has 5 nitrogen and oxygen atoms in total. The molecule has 1 aromatic carbocycles. The molecule has 0 bridgehead atoms. The van der Waals surface area contributed by atoms with E-state index in [4.69, 9.17) is 4.74 Å². The highest BCUT2D eigenvalue weighted by Gasteiger charge is 2.32. The maximum Gasteiger partial charge on any atom is 0.226 e. The molecule has 1 saturated heterocycles. The zero-order chi connectivity index (χ0) is 17.5. The lowest BCUT2D eigenvalue weighted by molar-refractivity contribution is -0.121. The molecule has 2 aromatic rings. The lowest BCUT2D eigenvalue weighted by atomic mass is 9.79. The van der Waals surface area contributed by atoms with E-state index in [1.807, 2.05) is 35.7 Å². The van der Waals surface area contributed by atoms with E-state index in [1.165, 1.54) is 0 Å². The van der Waals surface area contributed by atoms with Gasteiger partial charge >= 0.3 is 0 Å². The molecule has 1 aliphatic rings. The van der Waals surface area contributed by atoms with Gasteiger partial charge in [0.25, 0.3) is 0 Å². The van der Waals surface area contributed by atoms with Crippen LogP contribution in [0.3, 0.4) is 0 Å². The van der Waals surface area contributed by atoms with Crippen molar-refractivity contribution in [1.82, 2.24) is 15.6 Å². The zero-order valence-corrected chi connectivity index (χ0v) is 17.9. The van der Waals surface area contributed by atoms with E-state index in [2.05, 4.69) is 15.6 Å². The number of carbonyl (C=O) groups excluding carboxylic acids is 1. The number of benzene rings is 1. The Bertz CT molecular complexity index is 686. The molecule has 0 radical (unpaired) electrons. The predicted molar refractivity (Wildman–Crippen MR) is 115 cm³/mol. The second-order valence-corrected chi connectivity index (χ2v) is 7.50. The number of halogens is 2. The van der Waals surface area contributed by atoms with Crippen LogP contribution in [-0.2, 0) is 16.0 Å². The van der Waals surface area contributed by atoms with Crippen LogP contribution in [0, 0.1) is 5.41 Å². The number of hydrogen-bond acceptors (Lipinski definition) is 5. The van der Waals surface area contributed by atoms with Crippen molar-refractivity contribution in [2.75, 3.05) is 33.4 Å². The highest BCUT2D eigenvalue weighted by atomic mass is 35.5. The first-order valence-corrected chi connectivity index (χ1v) is 9.55. The Morgan fingerprint density at radius 1 is 1.26 bits per heavy atom. The van der Waals surface area contributed by atoms with E-state index in [1.54, 1.807) is 18.4 Å². The van der Waals surface area contributed by atoms with Gasteiger partial charge in [-0.2, -0.15) is 0 Å². The van der Waals surface area contributed by atoms with Gasteiger partial charge in [0, 0.05) is 30.0 Å². The second-order valence-electron chi connectivity index (χ2n) is 6.65. The number of nitrogens with one attached hydrogen (secondary N) is 2. The zero-order valence-electron chi connectivity index (χ0n) is 15.4. The molecule has 1 fully saturated rings. The van der Waals surface area contributed by atoms with Gasteiger partial charge in [0.2, 0.25) is 5.91 Å². The van der Waals surface area contributed by atoms with Gasteiger partial charge in [-0.3, -0.25) is 4.79 Å². The molecule has 1 aliphatic heterocycles. The fourth-order valence-electron chi connectivity index (χ4n) is 3.25. The molecule has 27 heavy (non-hydrogen) atoms. The molecule has 2 N–H and O–H groups in total. The Morgan fingerprint density at radius 2 is 1.96 bits per heavy atom. The lowest BCUT2D eigenvalue weighted by Crippen LogP contribution is -2.47. The summed E-state index contributed by atoms with van der Waals surface area (Å²) in [6.07, 6.45) is 2.37. The number of nitrogens with zero attached hydrogens (tertiary/aromatic N) is 1. The van der Waals surface area contributed by atoms with Crippen molar-refractivity contribution in [2.24, 2.45) is 5.41 Å². The van der Waals surface area contributed by atoms with Crippen LogP contribution in [0.2, 0.25) is 0 Å². The van der Waals surface area contributed by atoms with Crippen molar-refractivity contribution in [1.29, 1.82) is 0 Å². The second kappa shape index (κ2) is 11.6. The van der Waals surface area contributed by atoms with Gasteiger partial charge in [0.15, 0.2) is 0 Å². The summed E-state index contributed by atoms with van der Waals surface area (Å²) in [5.74, 6) is 0.0268. The van der Waals surface area contributed by atoms with Crippen molar-refractivity contribution in [2.45, 2.75) is 19.3 Å². The molecule has 3 rings (SSSR count). The van der Waals surface area contributed by atoms with Crippen LogP contribution < -0.4 is 10.6 Å². The largest absolute Gasteiger partial charge is 0.384 e. The number of aromatic nitrogens is 1. The van der Waals surface area contributed by atoms with E-state index in [0.29, 0.717) is 19.6 Å². The molecule has 0 spiro atoms. The van der Waals surface area contributed by atoms with E-state index in [-0.39, 0.29) is 36.1 Å². The van der Waals surface area contributed by atoms with Gasteiger partial charge in [-0.1, -0.05) is 30.3 Å². The molecular weight excluding hydrogens is 405 g/mol. The molecule has 8 heteroatoms. The summed E-state index contributed by atoms with van der Waals surface area (Å²) in [7, 11) is 1.73. The lowest BCUT2D eigenvalue weighted by Gasteiger charge is -2.37. The average molecular weight is 432 g/mol. The van der Waals surface area contributed by atoms with E-state index in [0.717, 1.165) is 42.2 Å². The standard InChI is InChI=1S/C19H25N3O2S.2ClH/c1-24-14-19(7-9-20-10-8-19)13-21-17(23)11-16-12-25-18(22-16)15-5-3-2-4-6-15;;/h2-6,12,20H,7-11,13-14H2,1H3,(H,21,23);2*1H. The third-order valence-corrected chi connectivity index (χ3v) is 5.63. The molecule has 1 amide bonds. The van der Waals surface area contributed by atoms with Crippen molar-refractivity contribution in [3.8, 4) is 10.6 Å². The minimum Gasteiger partial charge on any atom is -0.384 e. The van der Waals surface area contributed by atoms with Gasteiger partial charge < -0.3 is 15.4 Å². The minimum atomic E-state index is 0. The highest BCUT2D eigenvalue weighted by Crippen LogP contribution is 2.28. The third kappa shape index (κ3) is 6.73. The van der Waals surface area contributed by atoms with Crippen LogP contribution in [-0.4, -0.2) is 44.2 Å². The van der Waals surface area contributed by atoms with E-state index in [9.17, 15) is 4.79 Å².